The van der Waals surface area contributed by atoms with E-state index in [1.54, 1.807) is 11.0 Å². The first-order chi connectivity index (χ1) is 13.7. The molecule has 0 saturated carbocycles. The molecule has 0 spiro atoms. The van der Waals surface area contributed by atoms with Crippen LogP contribution in [-0.4, -0.2) is 34.8 Å². The van der Waals surface area contributed by atoms with Crippen molar-refractivity contribution in [2.75, 3.05) is 23.3 Å². The number of carbonyl (C=O) groups excluding carboxylic acids is 1. The first-order valence-corrected chi connectivity index (χ1v) is 10.5. The molecule has 2 aromatic rings. The number of carbonyl (C=O) groups is 1. The number of anilines is 2. The third-order valence-electron chi connectivity index (χ3n) is 4.48. The van der Waals surface area contributed by atoms with E-state index in [-0.39, 0.29) is 6.09 Å². The maximum Gasteiger partial charge on any atom is 0.416 e. The molecule has 29 heavy (non-hydrogen) atoms. The van der Waals surface area contributed by atoms with Crippen LogP contribution in [0.25, 0.3) is 0 Å². The zero-order chi connectivity index (χ0) is 21.0. The van der Waals surface area contributed by atoms with Crippen molar-refractivity contribution in [1.82, 2.24) is 9.97 Å². The SMILES string of the molecule is CC(C)(C)OC(=O)N1CCCc2ccc(Cl)nc21.Clc1ccc2c(n1)NCCC2. The number of fused-ring (bicyclic) bond motifs is 2. The van der Waals surface area contributed by atoms with E-state index in [1.807, 2.05) is 39.0 Å². The van der Waals surface area contributed by atoms with E-state index in [1.165, 1.54) is 12.0 Å². The van der Waals surface area contributed by atoms with Gasteiger partial charge in [0.15, 0.2) is 0 Å². The van der Waals surface area contributed by atoms with Gasteiger partial charge < -0.3 is 10.1 Å². The average molecular weight is 437 g/mol. The molecular weight excluding hydrogens is 411 g/mol. The van der Waals surface area contributed by atoms with Crippen LogP contribution in [-0.2, 0) is 17.6 Å². The van der Waals surface area contributed by atoms with E-state index in [2.05, 4.69) is 15.3 Å². The largest absolute Gasteiger partial charge is 0.443 e. The third-order valence-corrected chi connectivity index (χ3v) is 4.90. The molecule has 2 aliphatic rings. The lowest BCUT2D eigenvalue weighted by molar-refractivity contribution is 0.0576. The van der Waals surface area contributed by atoms with Crippen LogP contribution in [0.4, 0.5) is 16.4 Å². The summed E-state index contributed by atoms with van der Waals surface area (Å²) in [6.45, 7) is 7.18. The summed E-state index contributed by atoms with van der Waals surface area (Å²) < 4.78 is 5.38. The number of aryl methyl sites for hydroxylation is 2. The Kier molecular flexibility index (Phi) is 6.85. The molecule has 0 aliphatic carbocycles. The second kappa shape index (κ2) is 9.18. The summed E-state index contributed by atoms with van der Waals surface area (Å²) in [5, 5.41) is 4.17. The molecule has 2 aliphatic heterocycles. The van der Waals surface area contributed by atoms with Gasteiger partial charge in [0, 0.05) is 13.1 Å². The van der Waals surface area contributed by atoms with Gasteiger partial charge in [-0.1, -0.05) is 35.3 Å². The first-order valence-electron chi connectivity index (χ1n) is 9.78. The zero-order valence-electron chi connectivity index (χ0n) is 17.0. The van der Waals surface area contributed by atoms with E-state index < -0.39 is 5.60 Å². The number of nitrogens with one attached hydrogen (secondary N) is 1. The molecule has 4 rings (SSSR count). The summed E-state index contributed by atoms with van der Waals surface area (Å²) in [4.78, 5) is 22.1. The second-order valence-electron chi connectivity index (χ2n) is 8.02. The highest BCUT2D eigenvalue weighted by Crippen LogP contribution is 2.28. The molecule has 6 nitrogen and oxygen atoms in total. The molecule has 0 saturated heterocycles. The number of hydrogen-bond acceptors (Lipinski definition) is 5. The predicted octanol–water partition coefficient (Wildman–Crippen LogP) is 5.52. The van der Waals surface area contributed by atoms with E-state index >= 15 is 0 Å². The van der Waals surface area contributed by atoms with Crippen LogP contribution in [0.1, 0.15) is 44.7 Å². The average Bonchev–Trinajstić information content (AvgIpc) is 2.66. The Balaban J connectivity index is 0.000000186. The van der Waals surface area contributed by atoms with Crippen LogP contribution in [0, 0.1) is 0 Å². The molecule has 0 radical (unpaired) electrons. The van der Waals surface area contributed by atoms with Crippen LogP contribution < -0.4 is 10.2 Å². The smallest absolute Gasteiger partial charge is 0.416 e. The lowest BCUT2D eigenvalue weighted by Gasteiger charge is -2.30. The van der Waals surface area contributed by atoms with Crippen molar-refractivity contribution < 1.29 is 9.53 Å². The summed E-state index contributed by atoms with van der Waals surface area (Å²) in [5.74, 6) is 1.59. The van der Waals surface area contributed by atoms with E-state index in [0.717, 1.165) is 37.2 Å². The molecule has 0 fully saturated rings. The van der Waals surface area contributed by atoms with E-state index in [4.69, 9.17) is 27.9 Å². The van der Waals surface area contributed by atoms with Gasteiger partial charge in [-0.05, 0) is 69.7 Å². The summed E-state index contributed by atoms with van der Waals surface area (Å²) in [6, 6.07) is 7.55. The van der Waals surface area contributed by atoms with Gasteiger partial charge in [-0.2, -0.15) is 0 Å². The molecule has 0 bridgehead atoms. The standard InChI is InChI=1S/C13H17ClN2O2.C8H9ClN2/c1-13(2,3)18-12(17)16-8-4-5-9-6-7-10(14)15-11(9)16;9-7-4-3-6-2-1-5-10-8(6)11-7/h6-7H,4-5,8H2,1-3H3;3-4H,1-2,5H2,(H,10,11). The number of pyridine rings is 2. The van der Waals surface area contributed by atoms with E-state index in [9.17, 15) is 4.79 Å². The summed E-state index contributed by atoms with van der Waals surface area (Å²) in [7, 11) is 0. The van der Waals surface area contributed by atoms with Gasteiger partial charge in [-0.25, -0.2) is 14.8 Å². The third kappa shape index (κ3) is 5.97. The van der Waals surface area contributed by atoms with Crippen molar-refractivity contribution in [2.45, 2.75) is 52.1 Å². The molecule has 0 aromatic carbocycles. The summed E-state index contributed by atoms with van der Waals surface area (Å²) in [5.41, 5.74) is 1.81. The number of rotatable bonds is 0. The monoisotopic (exact) mass is 436 g/mol. The Bertz CT molecular complexity index is 883. The van der Waals surface area contributed by atoms with Gasteiger partial charge in [-0.3, -0.25) is 4.90 Å². The topological polar surface area (TPSA) is 67.3 Å². The summed E-state index contributed by atoms with van der Waals surface area (Å²) >= 11 is 11.6. The number of aromatic nitrogens is 2. The quantitative estimate of drug-likeness (QED) is 0.550. The van der Waals surface area contributed by atoms with Crippen LogP contribution >= 0.6 is 23.2 Å². The highest BCUT2D eigenvalue weighted by molar-refractivity contribution is 6.29. The molecule has 0 unspecified atom stereocenters. The predicted molar refractivity (Wildman–Crippen MR) is 117 cm³/mol. The fraction of sp³-hybridized carbons (Fsp3) is 0.476. The molecule has 1 amide bonds. The molecule has 4 heterocycles. The molecule has 8 heteroatoms. The number of ether oxygens (including phenoxy) is 1. The van der Waals surface area contributed by atoms with E-state index in [0.29, 0.717) is 22.7 Å². The highest BCUT2D eigenvalue weighted by atomic mass is 35.5. The second-order valence-corrected chi connectivity index (χ2v) is 8.80. The number of amides is 1. The Morgan fingerprint density at radius 1 is 1.03 bits per heavy atom. The molecular formula is C21H26Cl2N4O2. The Morgan fingerprint density at radius 3 is 2.41 bits per heavy atom. The van der Waals surface area contributed by atoms with Crippen LogP contribution in [0.5, 0.6) is 0 Å². The Labute approximate surface area is 181 Å². The van der Waals surface area contributed by atoms with Gasteiger partial charge in [0.1, 0.15) is 27.5 Å². The minimum Gasteiger partial charge on any atom is -0.443 e. The van der Waals surface area contributed by atoms with Crippen LogP contribution in [0.15, 0.2) is 24.3 Å². The molecule has 0 atom stereocenters. The molecule has 156 valence electrons. The lowest BCUT2D eigenvalue weighted by Crippen LogP contribution is -2.40. The zero-order valence-corrected chi connectivity index (χ0v) is 18.5. The van der Waals surface area contributed by atoms with Gasteiger partial charge in [0.2, 0.25) is 0 Å². The minimum absolute atomic E-state index is 0.363. The number of nitrogens with zero attached hydrogens (tertiary/aromatic N) is 3. The van der Waals surface area contributed by atoms with Crippen LogP contribution in [0.3, 0.4) is 0 Å². The van der Waals surface area contributed by atoms with Crippen molar-refractivity contribution in [3.63, 3.8) is 0 Å². The minimum atomic E-state index is -0.507. The molecule has 1 N–H and O–H groups in total. The van der Waals surface area contributed by atoms with Gasteiger partial charge >= 0.3 is 6.09 Å². The lowest BCUT2D eigenvalue weighted by atomic mass is 10.1. The van der Waals surface area contributed by atoms with Crippen molar-refractivity contribution in [3.8, 4) is 0 Å². The van der Waals surface area contributed by atoms with Gasteiger partial charge in [-0.15, -0.1) is 0 Å². The first kappa shape index (κ1) is 21.7. The van der Waals surface area contributed by atoms with Gasteiger partial charge in [0.25, 0.3) is 0 Å². The normalized spacial score (nSPS) is 15.3. The molecule has 2 aromatic heterocycles. The number of hydrogen-bond donors (Lipinski definition) is 1. The Morgan fingerprint density at radius 2 is 1.69 bits per heavy atom. The van der Waals surface area contributed by atoms with Gasteiger partial charge in [0.05, 0.1) is 0 Å². The highest BCUT2D eigenvalue weighted by Gasteiger charge is 2.28. The van der Waals surface area contributed by atoms with Crippen molar-refractivity contribution in [3.05, 3.63) is 45.7 Å². The number of halogens is 2. The Hall–Kier alpha value is -2.05. The fourth-order valence-corrected chi connectivity index (χ4v) is 3.51. The fourth-order valence-electron chi connectivity index (χ4n) is 3.22. The van der Waals surface area contributed by atoms with Crippen molar-refractivity contribution in [2.24, 2.45) is 0 Å². The van der Waals surface area contributed by atoms with Crippen LogP contribution in [0.2, 0.25) is 10.3 Å². The van der Waals surface area contributed by atoms with Crippen molar-refractivity contribution in [1.29, 1.82) is 0 Å². The summed E-state index contributed by atoms with van der Waals surface area (Å²) in [6.07, 6.45) is 3.77. The van der Waals surface area contributed by atoms with Crippen molar-refractivity contribution >= 4 is 40.9 Å². The maximum atomic E-state index is 12.1. The maximum absolute atomic E-state index is 12.1.